The lowest BCUT2D eigenvalue weighted by atomic mass is 9.86. The van der Waals surface area contributed by atoms with Crippen molar-refractivity contribution >= 4 is 12.4 Å². The van der Waals surface area contributed by atoms with Crippen molar-refractivity contribution in [3.63, 3.8) is 0 Å². The standard InChI is InChI=1S/C16H22F2N2O.ClH/c17-15(18)10-21-14-3-1-13(2-4-14)9-20-8-6-16(12-20)5-7-19-11-16;/h1-4,15,19H,5-12H2;1H. The second kappa shape index (κ2) is 7.57. The first-order chi connectivity index (χ1) is 10.2. The maximum Gasteiger partial charge on any atom is 0.272 e. The molecule has 1 atom stereocenters. The van der Waals surface area contributed by atoms with Gasteiger partial charge in [-0.05, 0) is 49.0 Å². The first-order valence-electron chi connectivity index (χ1n) is 7.58. The van der Waals surface area contributed by atoms with E-state index in [1.165, 1.54) is 18.4 Å². The Bertz CT molecular complexity index is 464. The molecule has 124 valence electrons. The topological polar surface area (TPSA) is 24.5 Å². The molecule has 0 saturated carbocycles. The van der Waals surface area contributed by atoms with Gasteiger partial charge in [0, 0.05) is 19.6 Å². The van der Waals surface area contributed by atoms with E-state index in [0.717, 1.165) is 32.7 Å². The normalized spacial score (nSPS) is 24.9. The van der Waals surface area contributed by atoms with E-state index in [0.29, 0.717) is 11.2 Å². The Hall–Kier alpha value is -0.910. The third-order valence-corrected chi connectivity index (χ3v) is 4.56. The molecule has 1 aromatic carbocycles. The Balaban J connectivity index is 0.00000176. The molecule has 3 rings (SSSR count). The summed E-state index contributed by atoms with van der Waals surface area (Å²) >= 11 is 0. The maximum absolute atomic E-state index is 12.1. The fourth-order valence-corrected chi connectivity index (χ4v) is 3.42. The quantitative estimate of drug-likeness (QED) is 0.897. The first kappa shape index (κ1) is 17.4. The number of hydrogen-bond donors (Lipinski definition) is 1. The molecule has 3 nitrogen and oxygen atoms in total. The lowest BCUT2D eigenvalue weighted by Gasteiger charge is -2.22. The summed E-state index contributed by atoms with van der Waals surface area (Å²) in [6.45, 7) is 4.97. The third-order valence-electron chi connectivity index (χ3n) is 4.56. The number of halogens is 3. The van der Waals surface area contributed by atoms with Gasteiger partial charge >= 0.3 is 0 Å². The monoisotopic (exact) mass is 332 g/mol. The van der Waals surface area contributed by atoms with E-state index in [1.54, 1.807) is 12.1 Å². The molecule has 6 heteroatoms. The van der Waals surface area contributed by atoms with Crippen molar-refractivity contribution in [2.75, 3.05) is 32.8 Å². The second-order valence-corrected chi connectivity index (χ2v) is 6.23. The van der Waals surface area contributed by atoms with Crippen molar-refractivity contribution in [1.82, 2.24) is 10.2 Å². The van der Waals surface area contributed by atoms with Gasteiger partial charge in [-0.25, -0.2) is 8.78 Å². The van der Waals surface area contributed by atoms with E-state index in [2.05, 4.69) is 10.2 Å². The van der Waals surface area contributed by atoms with Gasteiger partial charge in [-0.2, -0.15) is 0 Å². The van der Waals surface area contributed by atoms with Gasteiger partial charge in [0.15, 0.2) is 0 Å². The van der Waals surface area contributed by atoms with Gasteiger partial charge in [0.1, 0.15) is 12.4 Å². The lowest BCUT2D eigenvalue weighted by Crippen LogP contribution is -2.28. The number of nitrogens with zero attached hydrogens (tertiary/aromatic N) is 1. The largest absolute Gasteiger partial charge is 0.488 e. The van der Waals surface area contributed by atoms with Crippen LogP contribution < -0.4 is 10.1 Å². The predicted molar refractivity (Wildman–Crippen MR) is 85.0 cm³/mol. The zero-order valence-corrected chi connectivity index (χ0v) is 13.4. The molecule has 0 aliphatic carbocycles. The number of nitrogens with one attached hydrogen (secondary N) is 1. The SMILES string of the molecule is Cl.FC(F)COc1ccc(CN2CCC3(CCNC3)C2)cc1. The molecule has 2 saturated heterocycles. The smallest absolute Gasteiger partial charge is 0.272 e. The molecule has 2 aliphatic heterocycles. The van der Waals surface area contributed by atoms with Crippen molar-refractivity contribution in [2.24, 2.45) is 5.41 Å². The minimum atomic E-state index is -2.43. The van der Waals surface area contributed by atoms with Gasteiger partial charge in [-0.1, -0.05) is 12.1 Å². The summed E-state index contributed by atoms with van der Waals surface area (Å²) < 4.78 is 29.2. The van der Waals surface area contributed by atoms with Crippen LogP contribution in [0.4, 0.5) is 8.78 Å². The Morgan fingerprint density at radius 3 is 2.64 bits per heavy atom. The second-order valence-electron chi connectivity index (χ2n) is 6.23. The molecule has 1 spiro atoms. The molecule has 0 amide bonds. The minimum Gasteiger partial charge on any atom is -0.488 e. The van der Waals surface area contributed by atoms with E-state index < -0.39 is 13.0 Å². The number of ether oxygens (including phenoxy) is 1. The average Bonchev–Trinajstić information content (AvgIpc) is 3.09. The number of benzene rings is 1. The average molecular weight is 333 g/mol. The summed E-state index contributed by atoms with van der Waals surface area (Å²) in [4.78, 5) is 2.49. The van der Waals surface area contributed by atoms with Crippen LogP contribution in [0, 0.1) is 5.41 Å². The summed E-state index contributed by atoms with van der Waals surface area (Å²) in [5.74, 6) is 0.511. The maximum atomic E-state index is 12.1. The summed E-state index contributed by atoms with van der Waals surface area (Å²) in [6.07, 6.45) is 0.130. The van der Waals surface area contributed by atoms with Crippen LogP contribution in [0.5, 0.6) is 5.75 Å². The Labute approximate surface area is 136 Å². The van der Waals surface area contributed by atoms with Gasteiger partial charge in [0.25, 0.3) is 6.43 Å². The molecule has 0 bridgehead atoms. The molecule has 1 aromatic rings. The zero-order valence-electron chi connectivity index (χ0n) is 12.6. The zero-order chi connectivity index (χ0) is 14.7. The number of likely N-dealkylation sites (tertiary alicyclic amines) is 1. The summed E-state index contributed by atoms with van der Waals surface area (Å²) in [5, 5.41) is 3.47. The third kappa shape index (κ3) is 4.31. The van der Waals surface area contributed by atoms with Gasteiger partial charge in [0.05, 0.1) is 0 Å². The number of hydrogen-bond acceptors (Lipinski definition) is 3. The molecule has 0 aromatic heterocycles. The Morgan fingerprint density at radius 2 is 2.00 bits per heavy atom. The number of rotatable bonds is 5. The minimum absolute atomic E-state index is 0. The van der Waals surface area contributed by atoms with Crippen LogP contribution in [-0.2, 0) is 6.54 Å². The molecular formula is C16H23ClF2N2O. The van der Waals surface area contributed by atoms with Crippen LogP contribution in [0.1, 0.15) is 18.4 Å². The first-order valence-corrected chi connectivity index (χ1v) is 7.58. The molecule has 2 fully saturated rings. The number of alkyl halides is 2. The van der Waals surface area contributed by atoms with Crippen LogP contribution >= 0.6 is 12.4 Å². The van der Waals surface area contributed by atoms with Crippen molar-refractivity contribution < 1.29 is 13.5 Å². The van der Waals surface area contributed by atoms with Crippen LogP contribution in [0.2, 0.25) is 0 Å². The van der Waals surface area contributed by atoms with Gasteiger partial charge < -0.3 is 10.1 Å². The van der Waals surface area contributed by atoms with Crippen LogP contribution in [0.3, 0.4) is 0 Å². The van der Waals surface area contributed by atoms with Crippen molar-refractivity contribution in [3.8, 4) is 5.75 Å². The fraction of sp³-hybridized carbons (Fsp3) is 0.625. The van der Waals surface area contributed by atoms with E-state index in [9.17, 15) is 8.78 Å². The van der Waals surface area contributed by atoms with E-state index in [4.69, 9.17) is 4.74 Å². The molecule has 2 aliphatic rings. The van der Waals surface area contributed by atoms with Crippen LogP contribution in [-0.4, -0.2) is 44.1 Å². The van der Waals surface area contributed by atoms with E-state index >= 15 is 0 Å². The Morgan fingerprint density at radius 1 is 1.23 bits per heavy atom. The highest BCUT2D eigenvalue weighted by Crippen LogP contribution is 2.36. The lowest BCUT2D eigenvalue weighted by molar-refractivity contribution is 0.0819. The van der Waals surface area contributed by atoms with Crippen LogP contribution in [0.25, 0.3) is 0 Å². The molecule has 2 heterocycles. The van der Waals surface area contributed by atoms with Gasteiger partial charge in [-0.15, -0.1) is 12.4 Å². The van der Waals surface area contributed by atoms with Crippen LogP contribution in [0.15, 0.2) is 24.3 Å². The highest BCUT2D eigenvalue weighted by atomic mass is 35.5. The van der Waals surface area contributed by atoms with Gasteiger partial charge in [-0.3, -0.25) is 4.90 Å². The van der Waals surface area contributed by atoms with E-state index in [1.807, 2.05) is 12.1 Å². The molecule has 1 N–H and O–H groups in total. The molecule has 0 radical (unpaired) electrons. The van der Waals surface area contributed by atoms with Crippen molar-refractivity contribution in [2.45, 2.75) is 25.8 Å². The van der Waals surface area contributed by atoms with E-state index in [-0.39, 0.29) is 12.4 Å². The highest BCUT2D eigenvalue weighted by Gasteiger charge is 2.39. The fourth-order valence-electron chi connectivity index (χ4n) is 3.42. The summed E-state index contributed by atoms with van der Waals surface area (Å²) in [5.41, 5.74) is 1.70. The Kier molecular flexibility index (Phi) is 6.01. The summed E-state index contributed by atoms with van der Waals surface area (Å²) in [7, 11) is 0. The molecule has 1 unspecified atom stereocenters. The highest BCUT2D eigenvalue weighted by molar-refractivity contribution is 5.85. The molecular weight excluding hydrogens is 310 g/mol. The predicted octanol–water partition coefficient (Wildman–Crippen LogP) is 2.94. The van der Waals surface area contributed by atoms with Gasteiger partial charge in [0.2, 0.25) is 0 Å². The molecule has 22 heavy (non-hydrogen) atoms. The van der Waals surface area contributed by atoms with Crippen molar-refractivity contribution in [3.05, 3.63) is 29.8 Å². The van der Waals surface area contributed by atoms with Crippen molar-refractivity contribution in [1.29, 1.82) is 0 Å². The summed E-state index contributed by atoms with van der Waals surface area (Å²) in [6, 6.07) is 7.50.